The van der Waals surface area contributed by atoms with Gasteiger partial charge in [0, 0.05) is 18.3 Å². The summed E-state index contributed by atoms with van der Waals surface area (Å²) in [5.41, 5.74) is 1.05. The maximum Gasteiger partial charge on any atom is 0.246 e. The quantitative estimate of drug-likeness (QED) is 0.764. The topological polar surface area (TPSA) is 103 Å². The van der Waals surface area contributed by atoms with Crippen LogP contribution in [0.2, 0.25) is 0 Å². The number of ether oxygens (including phenoxy) is 1. The number of hydrogen-bond donors (Lipinski definition) is 1. The minimum atomic E-state index is -0.154. The Kier molecular flexibility index (Phi) is 4.55. The van der Waals surface area contributed by atoms with E-state index >= 15 is 0 Å². The summed E-state index contributed by atoms with van der Waals surface area (Å²) in [6.45, 7) is 0.683. The number of para-hydroxylation sites is 1. The first kappa shape index (κ1) is 16.2. The third-order valence-corrected chi connectivity index (χ3v) is 4.18. The van der Waals surface area contributed by atoms with E-state index in [1.165, 1.54) is 0 Å². The lowest BCUT2D eigenvalue weighted by Gasteiger charge is -2.12. The molecule has 3 aromatic rings. The Morgan fingerprint density at radius 1 is 1.15 bits per heavy atom. The molecule has 4 rings (SSSR count). The third kappa shape index (κ3) is 3.53. The second-order valence-corrected chi connectivity index (χ2v) is 5.95. The Hall–Kier alpha value is -3.29. The van der Waals surface area contributed by atoms with E-state index in [-0.39, 0.29) is 18.4 Å². The molecule has 8 heteroatoms. The van der Waals surface area contributed by atoms with Gasteiger partial charge in [-0.3, -0.25) is 4.79 Å². The summed E-state index contributed by atoms with van der Waals surface area (Å²) in [7, 11) is 0. The number of nitrogens with one attached hydrogen (secondary N) is 1. The number of benzene rings is 1. The van der Waals surface area contributed by atoms with Gasteiger partial charge in [-0.2, -0.15) is 4.98 Å². The molecule has 26 heavy (non-hydrogen) atoms. The van der Waals surface area contributed by atoms with E-state index in [9.17, 15) is 4.79 Å². The van der Waals surface area contributed by atoms with Crippen LogP contribution < -0.4 is 10.1 Å². The second kappa shape index (κ2) is 7.30. The van der Waals surface area contributed by atoms with E-state index in [4.69, 9.17) is 9.26 Å². The molecule has 2 aromatic heterocycles. The molecule has 3 heterocycles. The standard InChI is InChI=1S/C18H17N5O3/c24-18(13-6-9-25-14-5-2-1-4-12(14)10-13)21-11-15-22-17(23-26-15)16-19-7-3-8-20-16/h1-5,7-8,13H,6,9-11H2,(H,21,24). The highest BCUT2D eigenvalue weighted by atomic mass is 16.5. The summed E-state index contributed by atoms with van der Waals surface area (Å²) < 4.78 is 10.9. The lowest BCUT2D eigenvalue weighted by molar-refractivity contribution is -0.125. The van der Waals surface area contributed by atoms with Crippen LogP contribution in [0.15, 0.2) is 47.2 Å². The highest BCUT2D eigenvalue weighted by molar-refractivity contribution is 5.79. The van der Waals surface area contributed by atoms with Gasteiger partial charge in [-0.1, -0.05) is 23.4 Å². The predicted molar refractivity (Wildman–Crippen MR) is 90.9 cm³/mol. The zero-order chi connectivity index (χ0) is 17.8. The molecular formula is C18H17N5O3. The van der Waals surface area contributed by atoms with Gasteiger partial charge in [-0.15, -0.1) is 0 Å². The van der Waals surface area contributed by atoms with Crippen molar-refractivity contribution in [3.05, 3.63) is 54.2 Å². The van der Waals surface area contributed by atoms with Crippen molar-refractivity contribution < 1.29 is 14.1 Å². The largest absolute Gasteiger partial charge is 0.493 e. The summed E-state index contributed by atoms with van der Waals surface area (Å²) in [5, 5.41) is 6.70. The zero-order valence-electron chi connectivity index (χ0n) is 14.0. The number of carbonyl (C=O) groups excluding carboxylic acids is 1. The van der Waals surface area contributed by atoms with Crippen molar-refractivity contribution in [2.75, 3.05) is 6.61 Å². The zero-order valence-corrected chi connectivity index (χ0v) is 14.0. The number of hydrogen-bond acceptors (Lipinski definition) is 7. The summed E-state index contributed by atoms with van der Waals surface area (Å²) in [6, 6.07) is 9.52. The SMILES string of the molecule is O=C(NCc1nc(-c2ncccn2)no1)C1CCOc2ccccc2C1. The highest BCUT2D eigenvalue weighted by Crippen LogP contribution is 2.26. The Bertz CT molecular complexity index is 897. The van der Waals surface area contributed by atoms with E-state index in [2.05, 4.69) is 25.4 Å². The van der Waals surface area contributed by atoms with Gasteiger partial charge >= 0.3 is 0 Å². The van der Waals surface area contributed by atoms with Gasteiger partial charge in [0.15, 0.2) is 0 Å². The predicted octanol–water partition coefficient (Wildman–Crippen LogP) is 1.78. The normalized spacial score (nSPS) is 16.2. The third-order valence-electron chi connectivity index (χ3n) is 4.18. The van der Waals surface area contributed by atoms with Crippen molar-refractivity contribution in [2.24, 2.45) is 5.92 Å². The molecule has 1 amide bonds. The summed E-state index contributed by atoms with van der Waals surface area (Å²) >= 11 is 0. The number of carbonyl (C=O) groups is 1. The summed E-state index contributed by atoms with van der Waals surface area (Å²) in [4.78, 5) is 24.9. The van der Waals surface area contributed by atoms with Crippen LogP contribution in [0.1, 0.15) is 17.9 Å². The van der Waals surface area contributed by atoms with Crippen LogP contribution in [0, 0.1) is 5.92 Å². The van der Waals surface area contributed by atoms with Crippen LogP contribution in [0.5, 0.6) is 5.75 Å². The minimum Gasteiger partial charge on any atom is -0.493 e. The van der Waals surface area contributed by atoms with E-state index < -0.39 is 0 Å². The average Bonchev–Trinajstić information content (AvgIpc) is 3.05. The van der Waals surface area contributed by atoms with Crippen molar-refractivity contribution in [1.29, 1.82) is 0 Å². The number of nitrogens with zero attached hydrogens (tertiary/aromatic N) is 4. The smallest absolute Gasteiger partial charge is 0.246 e. The van der Waals surface area contributed by atoms with Crippen LogP contribution in [-0.2, 0) is 17.8 Å². The number of amides is 1. The first-order valence-electron chi connectivity index (χ1n) is 8.38. The molecule has 0 radical (unpaired) electrons. The molecular weight excluding hydrogens is 334 g/mol. The Labute approximate surface area is 149 Å². The highest BCUT2D eigenvalue weighted by Gasteiger charge is 2.24. The molecule has 1 aliphatic rings. The van der Waals surface area contributed by atoms with E-state index in [0.717, 1.165) is 11.3 Å². The van der Waals surface area contributed by atoms with Crippen molar-refractivity contribution in [1.82, 2.24) is 25.4 Å². The first-order valence-corrected chi connectivity index (χ1v) is 8.38. The summed E-state index contributed by atoms with van der Waals surface area (Å²) in [6.07, 6.45) is 4.51. The number of rotatable bonds is 4. The van der Waals surface area contributed by atoms with Crippen LogP contribution >= 0.6 is 0 Å². The van der Waals surface area contributed by atoms with E-state index in [1.54, 1.807) is 18.5 Å². The monoisotopic (exact) mass is 351 g/mol. The summed E-state index contributed by atoms with van der Waals surface area (Å²) in [5.74, 6) is 1.63. The first-order chi connectivity index (χ1) is 12.8. The molecule has 8 nitrogen and oxygen atoms in total. The molecule has 1 aliphatic heterocycles. The molecule has 1 aromatic carbocycles. The van der Waals surface area contributed by atoms with Crippen LogP contribution in [-0.4, -0.2) is 32.6 Å². The molecule has 1 unspecified atom stereocenters. The van der Waals surface area contributed by atoms with Gasteiger partial charge in [-0.05, 0) is 30.5 Å². The van der Waals surface area contributed by atoms with Gasteiger partial charge in [0.25, 0.3) is 0 Å². The molecule has 0 aliphatic carbocycles. The number of aromatic nitrogens is 4. The molecule has 0 fully saturated rings. The number of fused-ring (bicyclic) bond motifs is 1. The van der Waals surface area contributed by atoms with Crippen LogP contribution in [0.4, 0.5) is 0 Å². The van der Waals surface area contributed by atoms with E-state index in [0.29, 0.717) is 37.0 Å². The van der Waals surface area contributed by atoms with Gasteiger partial charge in [-0.25, -0.2) is 9.97 Å². The van der Waals surface area contributed by atoms with Crippen molar-refractivity contribution in [3.63, 3.8) is 0 Å². The Balaban J connectivity index is 1.38. The van der Waals surface area contributed by atoms with Crippen LogP contribution in [0.25, 0.3) is 11.6 Å². The van der Waals surface area contributed by atoms with Crippen molar-refractivity contribution >= 4 is 5.91 Å². The van der Waals surface area contributed by atoms with Crippen molar-refractivity contribution in [3.8, 4) is 17.4 Å². The van der Waals surface area contributed by atoms with Gasteiger partial charge in [0.1, 0.15) is 5.75 Å². The molecule has 0 saturated heterocycles. The fraction of sp³-hybridized carbons (Fsp3) is 0.278. The van der Waals surface area contributed by atoms with Crippen LogP contribution in [0.3, 0.4) is 0 Å². The molecule has 0 bridgehead atoms. The minimum absolute atomic E-state index is 0.0546. The second-order valence-electron chi connectivity index (χ2n) is 5.95. The maximum absolute atomic E-state index is 12.5. The fourth-order valence-corrected chi connectivity index (χ4v) is 2.85. The molecule has 0 saturated carbocycles. The lowest BCUT2D eigenvalue weighted by Crippen LogP contribution is -2.31. The molecule has 0 spiro atoms. The van der Waals surface area contributed by atoms with Gasteiger partial charge in [0.05, 0.1) is 13.2 Å². The lowest BCUT2D eigenvalue weighted by atomic mass is 9.96. The van der Waals surface area contributed by atoms with Gasteiger partial charge < -0.3 is 14.6 Å². The molecule has 1 N–H and O–H groups in total. The molecule has 132 valence electrons. The maximum atomic E-state index is 12.5. The van der Waals surface area contributed by atoms with Crippen molar-refractivity contribution in [2.45, 2.75) is 19.4 Å². The molecule has 1 atom stereocenters. The van der Waals surface area contributed by atoms with Gasteiger partial charge in [0.2, 0.25) is 23.4 Å². The Morgan fingerprint density at radius 2 is 2.00 bits per heavy atom. The van der Waals surface area contributed by atoms with E-state index in [1.807, 2.05) is 24.3 Å². The Morgan fingerprint density at radius 3 is 2.88 bits per heavy atom. The average molecular weight is 351 g/mol. The fourth-order valence-electron chi connectivity index (χ4n) is 2.85.